The van der Waals surface area contributed by atoms with Crippen molar-refractivity contribution in [3.05, 3.63) is 64.8 Å². The summed E-state index contributed by atoms with van der Waals surface area (Å²) in [6.45, 7) is 2.18. The fourth-order valence-electron chi connectivity index (χ4n) is 3.39. The van der Waals surface area contributed by atoms with E-state index in [1.54, 1.807) is 12.1 Å². The molecule has 0 aliphatic heterocycles. The summed E-state index contributed by atoms with van der Waals surface area (Å²) < 4.78 is 7.33. The average molecular weight is 362 g/mol. The van der Waals surface area contributed by atoms with Crippen molar-refractivity contribution in [3.8, 4) is 17.0 Å². The van der Waals surface area contributed by atoms with Gasteiger partial charge in [0.2, 0.25) is 0 Å². The number of fused-ring (bicyclic) bond motifs is 2. The molecule has 5 nitrogen and oxygen atoms in total. The van der Waals surface area contributed by atoms with Crippen LogP contribution in [0.5, 0.6) is 5.75 Å². The number of phenolic OH excluding ortho intramolecular Hbond substituents is 1. The van der Waals surface area contributed by atoms with Crippen molar-refractivity contribution in [1.29, 1.82) is 0 Å². The highest BCUT2D eigenvalue weighted by Gasteiger charge is 2.13. The van der Waals surface area contributed by atoms with Crippen molar-refractivity contribution >= 4 is 16.6 Å². The van der Waals surface area contributed by atoms with Gasteiger partial charge in [-0.05, 0) is 42.7 Å². The first-order valence-corrected chi connectivity index (χ1v) is 9.39. The molecule has 0 bridgehead atoms. The zero-order valence-corrected chi connectivity index (χ0v) is 15.3. The van der Waals surface area contributed by atoms with Gasteiger partial charge in [-0.2, -0.15) is 0 Å². The third-order valence-corrected chi connectivity index (χ3v) is 4.87. The van der Waals surface area contributed by atoms with E-state index in [2.05, 4.69) is 11.9 Å². The van der Waals surface area contributed by atoms with Crippen molar-refractivity contribution in [2.45, 2.75) is 39.0 Å². The Bertz CT molecular complexity index is 1120. The minimum Gasteiger partial charge on any atom is -0.508 e. The largest absolute Gasteiger partial charge is 0.508 e. The van der Waals surface area contributed by atoms with Crippen LogP contribution in [0.25, 0.3) is 27.9 Å². The molecule has 0 amide bonds. The molecule has 1 N–H and O–H groups in total. The maximum atomic E-state index is 12.5. The zero-order chi connectivity index (χ0) is 18.8. The molecule has 0 spiro atoms. The Morgan fingerprint density at radius 3 is 2.85 bits per heavy atom. The molecule has 27 heavy (non-hydrogen) atoms. The van der Waals surface area contributed by atoms with Crippen LogP contribution in [0.1, 0.15) is 38.2 Å². The topological polar surface area (TPSA) is 67.7 Å². The molecule has 0 saturated heterocycles. The van der Waals surface area contributed by atoms with Crippen LogP contribution in [0.15, 0.2) is 58.0 Å². The number of phenols is 1. The summed E-state index contributed by atoms with van der Waals surface area (Å²) in [6, 6.07) is 11.0. The molecule has 4 rings (SSSR count). The van der Waals surface area contributed by atoms with Gasteiger partial charge in [0, 0.05) is 23.8 Å². The van der Waals surface area contributed by atoms with E-state index >= 15 is 0 Å². The second kappa shape index (κ2) is 7.27. The molecule has 0 fully saturated rings. The van der Waals surface area contributed by atoms with E-state index in [-0.39, 0.29) is 5.75 Å². The molecular formula is C22H22N2O3. The minimum atomic E-state index is -0.457. The van der Waals surface area contributed by atoms with Crippen LogP contribution < -0.4 is 5.63 Å². The van der Waals surface area contributed by atoms with Gasteiger partial charge in [-0.1, -0.05) is 32.3 Å². The van der Waals surface area contributed by atoms with Crippen LogP contribution in [0.4, 0.5) is 0 Å². The van der Waals surface area contributed by atoms with E-state index in [1.807, 2.05) is 41.1 Å². The second-order valence-corrected chi connectivity index (χ2v) is 6.87. The number of hydrogen-bond donors (Lipinski definition) is 1. The molecule has 0 radical (unpaired) electrons. The van der Waals surface area contributed by atoms with E-state index in [9.17, 15) is 9.90 Å². The molecule has 0 atom stereocenters. The van der Waals surface area contributed by atoms with Gasteiger partial charge in [0.25, 0.3) is 0 Å². The monoisotopic (exact) mass is 362 g/mol. The van der Waals surface area contributed by atoms with Gasteiger partial charge in [-0.15, -0.1) is 0 Å². The molecule has 0 unspecified atom stereocenters. The van der Waals surface area contributed by atoms with Gasteiger partial charge in [0.05, 0.1) is 11.3 Å². The highest BCUT2D eigenvalue weighted by molar-refractivity contribution is 5.83. The number of rotatable bonds is 6. The van der Waals surface area contributed by atoms with Gasteiger partial charge in [-0.25, -0.2) is 9.78 Å². The van der Waals surface area contributed by atoms with Crippen LogP contribution in [0.3, 0.4) is 0 Å². The van der Waals surface area contributed by atoms with Crippen molar-refractivity contribution in [1.82, 2.24) is 9.38 Å². The first-order valence-electron chi connectivity index (χ1n) is 9.39. The molecular weight excluding hydrogens is 340 g/mol. The highest BCUT2D eigenvalue weighted by Crippen LogP contribution is 2.28. The third-order valence-electron chi connectivity index (χ3n) is 4.87. The Kier molecular flexibility index (Phi) is 4.67. The van der Waals surface area contributed by atoms with Gasteiger partial charge in [0.15, 0.2) is 0 Å². The van der Waals surface area contributed by atoms with E-state index in [4.69, 9.17) is 4.42 Å². The van der Waals surface area contributed by atoms with Crippen LogP contribution in [0, 0.1) is 0 Å². The molecule has 1 aromatic carbocycles. The Morgan fingerprint density at radius 1 is 1.15 bits per heavy atom. The smallest absolute Gasteiger partial charge is 0.345 e. The fourth-order valence-corrected chi connectivity index (χ4v) is 3.39. The molecule has 3 heterocycles. The van der Waals surface area contributed by atoms with E-state index < -0.39 is 5.63 Å². The van der Waals surface area contributed by atoms with Gasteiger partial charge in [-0.3, -0.25) is 0 Å². The summed E-state index contributed by atoms with van der Waals surface area (Å²) in [6.07, 6.45) is 9.07. The normalized spacial score (nSPS) is 11.4. The third kappa shape index (κ3) is 3.45. The first-order chi connectivity index (χ1) is 13.2. The molecule has 0 aliphatic rings. The lowest BCUT2D eigenvalue weighted by atomic mass is 10.0. The van der Waals surface area contributed by atoms with Crippen LogP contribution in [0.2, 0.25) is 0 Å². The van der Waals surface area contributed by atoms with Crippen LogP contribution >= 0.6 is 0 Å². The average Bonchev–Trinajstić information content (AvgIpc) is 3.09. The number of aromatic hydroxyl groups is 1. The maximum Gasteiger partial charge on any atom is 0.345 e. The van der Waals surface area contributed by atoms with Crippen molar-refractivity contribution in [2.24, 2.45) is 0 Å². The number of benzene rings is 1. The molecule has 3 aromatic heterocycles. The fraction of sp³-hybridized carbons (Fsp3) is 0.273. The molecule has 0 saturated carbocycles. The number of aryl methyl sites for hydroxylation is 1. The number of hydrogen-bond acceptors (Lipinski definition) is 4. The van der Waals surface area contributed by atoms with Crippen LogP contribution in [-0.4, -0.2) is 14.5 Å². The summed E-state index contributed by atoms with van der Waals surface area (Å²) in [4.78, 5) is 17.0. The lowest BCUT2D eigenvalue weighted by Gasteiger charge is -2.07. The van der Waals surface area contributed by atoms with Crippen molar-refractivity contribution in [2.75, 3.05) is 0 Å². The predicted octanol–water partition coefficient (Wildman–Crippen LogP) is 4.94. The van der Waals surface area contributed by atoms with E-state index in [1.165, 1.54) is 12.8 Å². The Labute approximate surface area is 156 Å². The van der Waals surface area contributed by atoms with E-state index in [0.717, 1.165) is 35.9 Å². The van der Waals surface area contributed by atoms with Crippen LogP contribution in [-0.2, 0) is 6.42 Å². The lowest BCUT2D eigenvalue weighted by Crippen LogP contribution is -2.03. The number of nitrogens with zero attached hydrogens (tertiary/aromatic N) is 2. The Morgan fingerprint density at radius 2 is 2.04 bits per heavy atom. The summed E-state index contributed by atoms with van der Waals surface area (Å²) in [5.74, 6) is 0.183. The maximum absolute atomic E-state index is 12.5. The van der Waals surface area contributed by atoms with Crippen molar-refractivity contribution in [3.63, 3.8) is 0 Å². The molecule has 138 valence electrons. The summed E-state index contributed by atoms with van der Waals surface area (Å²) >= 11 is 0. The van der Waals surface area contributed by atoms with E-state index in [0.29, 0.717) is 16.8 Å². The minimum absolute atomic E-state index is 0.183. The number of imidazole rings is 1. The summed E-state index contributed by atoms with van der Waals surface area (Å²) in [5.41, 5.74) is 2.59. The lowest BCUT2D eigenvalue weighted by molar-refractivity contribution is 0.464. The first kappa shape index (κ1) is 17.3. The second-order valence-electron chi connectivity index (χ2n) is 6.87. The van der Waals surface area contributed by atoms with Crippen molar-refractivity contribution < 1.29 is 9.52 Å². The van der Waals surface area contributed by atoms with Gasteiger partial charge >= 0.3 is 5.63 Å². The number of unbranched alkanes of at least 4 members (excludes halogenated alkanes) is 3. The van der Waals surface area contributed by atoms with Gasteiger partial charge in [0.1, 0.15) is 17.0 Å². The molecule has 5 heteroatoms. The predicted molar refractivity (Wildman–Crippen MR) is 106 cm³/mol. The van der Waals surface area contributed by atoms with Gasteiger partial charge < -0.3 is 13.9 Å². The quantitative estimate of drug-likeness (QED) is 0.390. The summed E-state index contributed by atoms with van der Waals surface area (Å²) in [7, 11) is 0. The zero-order valence-electron chi connectivity index (χ0n) is 15.3. The summed E-state index contributed by atoms with van der Waals surface area (Å²) in [5, 5.41) is 11.1. The molecule has 0 aliphatic carbocycles. The Balaban J connectivity index is 1.74. The number of aromatic nitrogens is 2. The number of pyridine rings is 1. The molecule has 4 aromatic rings. The SMILES string of the molecule is CCCCCCc1cc2cc(-c3cn4ccccc4n3)c(=O)oc2cc1O. The highest BCUT2D eigenvalue weighted by atomic mass is 16.4. The standard InChI is InChI=1S/C22H22N2O3/c1-2-3-4-5-8-15-11-16-12-17(22(26)27-20(16)13-19(15)25)18-14-24-10-7-6-9-21(24)23-18/h6-7,9-14,25H,2-5,8H2,1H3. The Hall–Kier alpha value is -3.08.